The smallest absolute Gasteiger partial charge is 0.224 e. The summed E-state index contributed by atoms with van der Waals surface area (Å²) in [6, 6.07) is 6.90. The van der Waals surface area contributed by atoms with Gasteiger partial charge in [-0.2, -0.15) is 0 Å². The highest BCUT2D eigenvalue weighted by Crippen LogP contribution is 2.17. The Bertz CT molecular complexity index is 394. The summed E-state index contributed by atoms with van der Waals surface area (Å²) in [5, 5.41) is 11.9. The number of para-hydroxylation sites is 1. The Morgan fingerprint density at radius 2 is 2.17 bits per heavy atom. The SMILES string of the molecule is COc1ccccc1CC(=O)NCC(N)C(C)O. The maximum Gasteiger partial charge on any atom is 0.224 e. The first-order valence-electron chi connectivity index (χ1n) is 5.86. The first-order valence-corrected chi connectivity index (χ1v) is 5.86. The average molecular weight is 252 g/mol. The fourth-order valence-electron chi connectivity index (χ4n) is 1.49. The molecule has 0 aliphatic carbocycles. The predicted molar refractivity (Wildman–Crippen MR) is 69.4 cm³/mol. The Morgan fingerprint density at radius 1 is 1.50 bits per heavy atom. The highest BCUT2D eigenvalue weighted by Gasteiger charge is 2.12. The summed E-state index contributed by atoms with van der Waals surface area (Å²) in [6.07, 6.45) is -0.409. The van der Waals surface area contributed by atoms with Crippen molar-refractivity contribution in [3.05, 3.63) is 29.8 Å². The highest BCUT2D eigenvalue weighted by atomic mass is 16.5. The van der Waals surface area contributed by atoms with Crippen LogP contribution in [0.25, 0.3) is 0 Å². The number of methoxy groups -OCH3 is 1. The van der Waals surface area contributed by atoms with Crippen LogP contribution in [0.4, 0.5) is 0 Å². The van der Waals surface area contributed by atoms with Crippen LogP contribution in [0.5, 0.6) is 5.75 Å². The molecule has 5 heteroatoms. The minimum atomic E-state index is -0.642. The summed E-state index contributed by atoms with van der Waals surface area (Å²) in [5.74, 6) is 0.545. The molecule has 0 saturated heterocycles. The molecular weight excluding hydrogens is 232 g/mol. The molecule has 5 nitrogen and oxygen atoms in total. The van der Waals surface area contributed by atoms with E-state index in [-0.39, 0.29) is 18.9 Å². The van der Waals surface area contributed by atoms with E-state index in [9.17, 15) is 9.90 Å². The molecular formula is C13H20N2O3. The number of aliphatic hydroxyl groups is 1. The second-order valence-corrected chi connectivity index (χ2v) is 4.20. The van der Waals surface area contributed by atoms with Crippen LogP contribution in [0, 0.1) is 0 Å². The Balaban J connectivity index is 2.49. The second kappa shape index (κ2) is 6.98. The molecule has 4 N–H and O–H groups in total. The zero-order valence-electron chi connectivity index (χ0n) is 10.7. The third kappa shape index (κ3) is 4.35. The lowest BCUT2D eigenvalue weighted by Gasteiger charge is -2.15. The molecule has 18 heavy (non-hydrogen) atoms. The zero-order valence-corrected chi connectivity index (χ0v) is 10.7. The second-order valence-electron chi connectivity index (χ2n) is 4.20. The molecule has 1 rings (SSSR count). The number of rotatable bonds is 6. The minimum absolute atomic E-state index is 0.143. The van der Waals surface area contributed by atoms with Gasteiger partial charge in [-0.05, 0) is 13.0 Å². The lowest BCUT2D eigenvalue weighted by molar-refractivity contribution is -0.120. The number of benzene rings is 1. The van der Waals surface area contributed by atoms with Gasteiger partial charge in [0, 0.05) is 18.2 Å². The summed E-state index contributed by atoms with van der Waals surface area (Å²) in [6.45, 7) is 1.85. The standard InChI is InChI=1S/C13H20N2O3/c1-9(16)11(14)8-15-13(17)7-10-5-3-4-6-12(10)18-2/h3-6,9,11,16H,7-8,14H2,1-2H3,(H,15,17). The molecule has 0 aromatic heterocycles. The van der Waals surface area contributed by atoms with Crippen molar-refractivity contribution in [3.8, 4) is 5.75 Å². The van der Waals surface area contributed by atoms with E-state index in [0.29, 0.717) is 5.75 Å². The molecule has 0 bridgehead atoms. The lowest BCUT2D eigenvalue weighted by Crippen LogP contribution is -2.44. The Labute approximate surface area is 107 Å². The van der Waals surface area contributed by atoms with Crippen LogP contribution in [-0.2, 0) is 11.2 Å². The van der Waals surface area contributed by atoms with Crippen LogP contribution >= 0.6 is 0 Å². The molecule has 0 spiro atoms. The minimum Gasteiger partial charge on any atom is -0.496 e. The summed E-state index contributed by atoms with van der Waals surface area (Å²) < 4.78 is 5.17. The number of carbonyl (C=O) groups is 1. The van der Waals surface area contributed by atoms with E-state index in [1.165, 1.54) is 0 Å². The first kappa shape index (κ1) is 14.5. The number of hydrogen-bond acceptors (Lipinski definition) is 4. The normalized spacial score (nSPS) is 13.8. The van der Waals surface area contributed by atoms with Gasteiger partial charge < -0.3 is 20.9 Å². The average Bonchev–Trinajstić information content (AvgIpc) is 2.36. The van der Waals surface area contributed by atoms with Gasteiger partial charge in [0.25, 0.3) is 0 Å². The van der Waals surface area contributed by atoms with Crippen molar-refractivity contribution < 1.29 is 14.6 Å². The van der Waals surface area contributed by atoms with E-state index >= 15 is 0 Å². The number of amides is 1. The molecule has 0 heterocycles. The molecule has 0 fully saturated rings. The molecule has 0 aliphatic heterocycles. The number of aliphatic hydroxyl groups excluding tert-OH is 1. The molecule has 0 saturated carbocycles. The molecule has 2 unspecified atom stereocenters. The Kier molecular flexibility index (Phi) is 5.61. The Morgan fingerprint density at radius 3 is 2.78 bits per heavy atom. The quantitative estimate of drug-likeness (QED) is 0.668. The number of ether oxygens (including phenoxy) is 1. The van der Waals surface area contributed by atoms with Crippen molar-refractivity contribution in [1.82, 2.24) is 5.32 Å². The molecule has 1 aromatic carbocycles. The van der Waals surface area contributed by atoms with Gasteiger partial charge in [-0.25, -0.2) is 0 Å². The van der Waals surface area contributed by atoms with Crippen molar-refractivity contribution in [2.45, 2.75) is 25.5 Å². The van der Waals surface area contributed by atoms with Gasteiger partial charge in [0.05, 0.1) is 19.6 Å². The van der Waals surface area contributed by atoms with Gasteiger partial charge in [-0.1, -0.05) is 18.2 Å². The highest BCUT2D eigenvalue weighted by molar-refractivity contribution is 5.79. The summed E-state index contributed by atoms with van der Waals surface area (Å²) >= 11 is 0. The van der Waals surface area contributed by atoms with Gasteiger partial charge in [0.2, 0.25) is 5.91 Å². The van der Waals surface area contributed by atoms with Gasteiger partial charge >= 0.3 is 0 Å². The Hall–Kier alpha value is -1.59. The topological polar surface area (TPSA) is 84.6 Å². The van der Waals surface area contributed by atoms with Crippen molar-refractivity contribution in [1.29, 1.82) is 0 Å². The fourth-order valence-corrected chi connectivity index (χ4v) is 1.49. The monoisotopic (exact) mass is 252 g/mol. The summed E-state index contributed by atoms with van der Waals surface area (Å²) in [5.41, 5.74) is 6.45. The third-order valence-corrected chi connectivity index (χ3v) is 2.70. The lowest BCUT2D eigenvalue weighted by atomic mass is 10.1. The largest absolute Gasteiger partial charge is 0.496 e. The van der Waals surface area contributed by atoms with Gasteiger partial charge in [0.1, 0.15) is 5.75 Å². The molecule has 0 radical (unpaired) electrons. The number of hydrogen-bond donors (Lipinski definition) is 3. The molecule has 0 aliphatic rings. The van der Waals surface area contributed by atoms with Crippen LogP contribution in [0.3, 0.4) is 0 Å². The van der Waals surface area contributed by atoms with E-state index in [4.69, 9.17) is 10.5 Å². The molecule has 1 amide bonds. The van der Waals surface area contributed by atoms with Gasteiger partial charge in [-0.15, -0.1) is 0 Å². The van der Waals surface area contributed by atoms with E-state index in [0.717, 1.165) is 5.56 Å². The van der Waals surface area contributed by atoms with E-state index in [2.05, 4.69) is 5.32 Å². The fraction of sp³-hybridized carbons (Fsp3) is 0.462. The van der Waals surface area contributed by atoms with E-state index in [1.54, 1.807) is 14.0 Å². The number of carbonyl (C=O) groups excluding carboxylic acids is 1. The van der Waals surface area contributed by atoms with Crippen LogP contribution in [-0.4, -0.2) is 36.8 Å². The van der Waals surface area contributed by atoms with E-state index < -0.39 is 12.1 Å². The van der Waals surface area contributed by atoms with Crippen LogP contribution < -0.4 is 15.8 Å². The van der Waals surface area contributed by atoms with E-state index in [1.807, 2.05) is 24.3 Å². The predicted octanol–water partition coefficient (Wildman–Crippen LogP) is 0.0620. The maximum absolute atomic E-state index is 11.7. The molecule has 2 atom stereocenters. The van der Waals surface area contributed by atoms with Gasteiger partial charge in [0.15, 0.2) is 0 Å². The van der Waals surface area contributed by atoms with Gasteiger partial charge in [-0.3, -0.25) is 4.79 Å². The van der Waals surface area contributed by atoms with Crippen molar-refractivity contribution in [2.24, 2.45) is 5.73 Å². The van der Waals surface area contributed by atoms with Crippen molar-refractivity contribution in [3.63, 3.8) is 0 Å². The maximum atomic E-state index is 11.7. The summed E-state index contributed by atoms with van der Waals surface area (Å²) in [7, 11) is 1.57. The van der Waals surface area contributed by atoms with Crippen LogP contribution in [0.15, 0.2) is 24.3 Å². The van der Waals surface area contributed by atoms with Crippen molar-refractivity contribution >= 4 is 5.91 Å². The number of nitrogens with two attached hydrogens (primary N) is 1. The number of nitrogens with one attached hydrogen (secondary N) is 1. The molecule has 1 aromatic rings. The van der Waals surface area contributed by atoms with Crippen molar-refractivity contribution in [2.75, 3.05) is 13.7 Å². The summed E-state index contributed by atoms with van der Waals surface area (Å²) in [4.78, 5) is 11.7. The zero-order chi connectivity index (χ0) is 13.5. The van der Waals surface area contributed by atoms with Crippen LogP contribution in [0.1, 0.15) is 12.5 Å². The van der Waals surface area contributed by atoms with Crippen LogP contribution in [0.2, 0.25) is 0 Å². The molecule has 100 valence electrons. The first-order chi connectivity index (χ1) is 8.54. The third-order valence-electron chi connectivity index (χ3n) is 2.70.